The number of nitrogens with zero attached hydrogens (tertiary/aromatic N) is 3. The van der Waals surface area contributed by atoms with E-state index >= 15 is 0 Å². The molecular weight excluding hydrogens is 406 g/mol. The summed E-state index contributed by atoms with van der Waals surface area (Å²) in [6, 6.07) is -2.29. The summed E-state index contributed by atoms with van der Waals surface area (Å²) in [5, 5.41) is 22.6. The number of carboxylic acids is 2. The van der Waals surface area contributed by atoms with Crippen molar-refractivity contribution in [2.75, 3.05) is 12.3 Å². The molecule has 0 fully saturated rings. The quantitative estimate of drug-likeness (QED) is 0.177. The van der Waals surface area contributed by atoms with Crippen molar-refractivity contribution in [3.63, 3.8) is 0 Å². The van der Waals surface area contributed by atoms with E-state index in [4.69, 9.17) is 15.9 Å². The van der Waals surface area contributed by atoms with Gasteiger partial charge in [-0.05, 0) is 6.42 Å². The van der Waals surface area contributed by atoms with Gasteiger partial charge in [0, 0.05) is 12.2 Å². The molecule has 0 saturated carbocycles. The fraction of sp³-hybridized carbons (Fsp3) is 0.400. The number of aliphatic carboxylic acids is 2. The maximum absolute atomic E-state index is 12.3. The van der Waals surface area contributed by atoms with Crippen LogP contribution in [0, 0.1) is 0 Å². The number of carbonyl (C=O) groups excluding carboxylic acids is 2. The van der Waals surface area contributed by atoms with Crippen molar-refractivity contribution in [2.24, 2.45) is 5.73 Å². The van der Waals surface area contributed by atoms with Gasteiger partial charge in [-0.25, -0.2) is 15.0 Å². The summed E-state index contributed by atoms with van der Waals surface area (Å²) in [7, 11) is 0. The van der Waals surface area contributed by atoms with E-state index < -0.39 is 42.4 Å². The van der Waals surface area contributed by atoms with E-state index in [1.807, 2.05) is 0 Å². The van der Waals surface area contributed by atoms with Gasteiger partial charge in [-0.3, -0.25) is 19.2 Å². The summed E-state index contributed by atoms with van der Waals surface area (Å²) in [4.78, 5) is 60.8. The van der Waals surface area contributed by atoms with Crippen LogP contribution in [0.5, 0.6) is 0 Å². The number of nitrogens with two attached hydrogens (primary N) is 1. The first kappa shape index (κ1) is 22.0. The van der Waals surface area contributed by atoms with Gasteiger partial charge in [0.25, 0.3) is 0 Å². The molecule has 2 rings (SSSR count). The smallest absolute Gasteiger partial charge is 0.322 e. The lowest BCUT2D eigenvalue weighted by Crippen LogP contribution is -2.49. The number of carbonyl (C=O) groups is 4. The molecule has 0 aliphatic heterocycles. The summed E-state index contributed by atoms with van der Waals surface area (Å²) in [6.45, 7) is -0.613. The van der Waals surface area contributed by atoms with Gasteiger partial charge in [0.05, 0.1) is 6.33 Å². The average Bonchev–Trinajstić information content (AvgIpc) is 3.16. The second-order valence-corrected chi connectivity index (χ2v) is 6.81. The average molecular weight is 425 g/mol. The first-order chi connectivity index (χ1) is 13.8. The van der Waals surface area contributed by atoms with Crippen molar-refractivity contribution < 1.29 is 29.4 Å². The second kappa shape index (κ2) is 10.3. The van der Waals surface area contributed by atoms with Crippen molar-refractivity contribution in [3.8, 4) is 0 Å². The Hall–Kier alpha value is -3.26. The van der Waals surface area contributed by atoms with Gasteiger partial charge in [0.2, 0.25) is 11.8 Å². The van der Waals surface area contributed by atoms with Crippen LogP contribution in [0.1, 0.15) is 12.8 Å². The molecule has 13 nitrogen and oxygen atoms in total. The number of aromatic amines is 1. The molecule has 0 aliphatic carbocycles. The summed E-state index contributed by atoms with van der Waals surface area (Å²) in [5.41, 5.74) is 6.35. The number of nitrogens with one attached hydrogen (secondary N) is 3. The minimum atomic E-state index is -1.24. The van der Waals surface area contributed by atoms with Crippen molar-refractivity contribution in [2.45, 2.75) is 30.0 Å². The molecule has 0 bridgehead atoms. The van der Waals surface area contributed by atoms with E-state index in [2.05, 4.69) is 30.6 Å². The second-order valence-electron chi connectivity index (χ2n) is 5.81. The maximum Gasteiger partial charge on any atom is 0.322 e. The van der Waals surface area contributed by atoms with Gasteiger partial charge in [0.15, 0.2) is 5.65 Å². The zero-order valence-corrected chi connectivity index (χ0v) is 15.8. The lowest BCUT2D eigenvalue weighted by Gasteiger charge is -2.18. The van der Waals surface area contributed by atoms with Gasteiger partial charge < -0.3 is 31.6 Å². The molecule has 29 heavy (non-hydrogen) atoms. The Balaban J connectivity index is 2.03. The number of hydrogen-bond donors (Lipinski definition) is 6. The van der Waals surface area contributed by atoms with E-state index in [-0.39, 0.29) is 18.6 Å². The molecule has 14 heteroatoms. The maximum atomic E-state index is 12.3. The minimum absolute atomic E-state index is 0.0350. The molecule has 2 aromatic rings. The molecule has 2 atom stereocenters. The molecule has 0 unspecified atom stereocenters. The predicted molar refractivity (Wildman–Crippen MR) is 99.8 cm³/mol. The fourth-order valence-corrected chi connectivity index (χ4v) is 3.14. The zero-order valence-electron chi connectivity index (χ0n) is 15.0. The van der Waals surface area contributed by atoms with Crippen molar-refractivity contribution in [3.05, 3.63) is 12.7 Å². The SMILES string of the molecule is N[C@@H](CCC(=O)N[C@@H](CSc1ncnc2nc[nH]c12)C(=O)NCC(=O)O)C(=O)O. The third-order valence-corrected chi connectivity index (χ3v) is 4.72. The van der Waals surface area contributed by atoms with Crippen LogP contribution >= 0.6 is 11.8 Å². The van der Waals surface area contributed by atoms with Gasteiger partial charge in [-0.15, -0.1) is 11.8 Å². The molecule has 156 valence electrons. The first-order valence-corrected chi connectivity index (χ1v) is 9.30. The van der Waals surface area contributed by atoms with Crippen LogP contribution in [0.2, 0.25) is 0 Å². The largest absolute Gasteiger partial charge is 0.480 e. The zero-order chi connectivity index (χ0) is 21.4. The highest BCUT2D eigenvalue weighted by Crippen LogP contribution is 2.22. The summed E-state index contributed by atoms with van der Waals surface area (Å²) in [6.07, 6.45) is 2.42. The monoisotopic (exact) mass is 425 g/mol. The topological polar surface area (TPSA) is 213 Å². The molecular formula is C15H19N7O6S. The predicted octanol–water partition coefficient (Wildman–Crippen LogP) is -1.68. The van der Waals surface area contributed by atoms with Crippen LogP contribution in [-0.4, -0.2) is 78.3 Å². The molecule has 0 radical (unpaired) electrons. The normalized spacial score (nSPS) is 12.9. The molecule has 0 aliphatic rings. The lowest BCUT2D eigenvalue weighted by molar-refractivity contribution is -0.139. The summed E-state index contributed by atoms with van der Waals surface area (Å²) < 4.78 is 0. The molecule has 0 saturated heterocycles. The number of imidazole rings is 1. The Bertz CT molecular complexity index is 904. The molecule has 2 aromatic heterocycles. The third kappa shape index (κ3) is 6.69. The number of hydrogen-bond acceptors (Lipinski definition) is 9. The van der Waals surface area contributed by atoms with Crippen LogP contribution in [0.15, 0.2) is 17.7 Å². The van der Waals surface area contributed by atoms with Crippen LogP contribution in [0.4, 0.5) is 0 Å². The molecule has 2 amide bonds. The Morgan fingerprint density at radius 1 is 1.21 bits per heavy atom. The van der Waals surface area contributed by atoms with E-state index in [0.717, 1.165) is 11.8 Å². The lowest BCUT2D eigenvalue weighted by atomic mass is 10.1. The molecule has 7 N–H and O–H groups in total. The highest BCUT2D eigenvalue weighted by atomic mass is 32.2. The number of carboxylic acid groups (broad SMARTS) is 2. The Kier molecular flexibility index (Phi) is 7.85. The Morgan fingerprint density at radius 2 is 1.97 bits per heavy atom. The van der Waals surface area contributed by atoms with Crippen molar-refractivity contribution in [1.82, 2.24) is 30.6 Å². The summed E-state index contributed by atoms with van der Waals surface area (Å²) >= 11 is 1.13. The van der Waals surface area contributed by atoms with Gasteiger partial charge >= 0.3 is 11.9 Å². The molecule has 0 aromatic carbocycles. The van der Waals surface area contributed by atoms with Crippen LogP contribution in [-0.2, 0) is 19.2 Å². The highest BCUT2D eigenvalue weighted by Gasteiger charge is 2.23. The number of fused-ring (bicyclic) bond motifs is 1. The van der Waals surface area contributed by atoms with E-state index in [1.54, 1.807) is 0 Å². The van der Waals surface area contributed by atoms with Crippen LogP contribution in [0.3, 0.4) is 0 Å². The Morgan fingerprint density at radius 3 is 2.66 bits per heavy atom. The fourth-order valence-electron chi connectivity index (χ4n) is 2.16. The van der Waals surface area contributed by atoms with Gasteiger partial charge in [0.1, 0.15) is 35.5 Å². The van der Waals surface area contributed by atoms with Gasteiger partial charge in [-0.2, -0.15) is 0 Å². The first-order valence-electron chi connectivity index (χ1n) is 8.32. The standard InChI is InChI=1S/C15H19N7O6S/c16-7(15(27)28)1-2-9(23)22-8(13(26)17-3-10(24)25)4-29-14-11-12(19-5-18-11)20-6-21-14/h5-8H,1-4,16H2,(H,17,26)(H,22,23)(H,24,25)(H,27,28)(H,18,19,20,21)/t7-,8-/m0/s1. The summed E-state index contributed by atoms with van der Waals surface area (Å²) in [5.74, 6) is -3.74. The van der Waals surface area contributed by atoms with Crippen LogP contribution < -0.4 is 16.4 Å². The molecule has 0 spiro atoms. The number of H-pyrrole nitrogens is 1. The minimum Gasteiger partial charge on any atom is -0.480 e. The van der Waals surface area contributed by atoms with Crippen molar-refractivity contribution >= 4 is 46.7 Å². The van der Waals surface area contributed by atoms with E-state index in [9.17, 15) is 19.2 Å². The Labute approximate surface area is 167 Å². The van der Waals surface area contributed by atoms with Crippen LogP contribution in [0.25, 0.3) is 11.2 Å². The highest BCUT2D eigenvalue weighted by molar-refractivity contribution is 7.99. The van der Waals surface area contributed by atoms with E-state index in [1.165, 1.54) is 12.7 Å². The van der Waals surface area contributed by atoms with E-state index in [0.29, 0.717) is 16.2 Å². The number of amides is 2. The van der Waals surface area contributed by atoms with Gasteiger partial charge in [-0.1, -0.05) is 0 Å². The number of thioether (sulfide) groups is 1. The number of rotatable bonds is 11. The van der Waals surface area contributed by atoms with Crippen molar-refractivity contribution in [1.29, 1.82) is 0 Å². The number of aromatic nitrogens is 4. The third-order valence-electron chi connectivity index (χ3n) is 3.64. The molecule has 2 heterocycles.